The Morgan fingerprint density at radius 3 is 2.81 bits per heavy atom. The van der Waals surface area contributed by atoms with Crippen LogP contribution in [0.15, 0.2) is 60.7 Å². The van der Waals surface area contributed by atoms with Crippen LogP contribution in [0.1, 0.15) is 23.2 Å². The second kappa shape index (κ2) is 7.84. The van der Waals surface area contributed by atoms with E-state index < -0.39 is 0 Å². The molecule has 138 valence electrons. The van der Waals surface area contributed by atoms with Crippen LogP contribution in [0.25, 0.3) is 11.3 Å². The highest BCUT2D eigenvalue weighted by Crippen LogP contribution is 2.24. The normalized spacial score (nSPS) is 16.9. The molecule has 0 radical (unpaired) electrons. The van der Waals surface area contributed by atoms with E-state index in [9.17, 15) is 4.79 Å². The summed E-state index contributed by atoms with van der Waals surface area (Å²) in [4.78, 5) is 14.7. The quantitative estimate of drug-likeness (QED) is 0.715. The summed E-state index contributed by atoms with van der Waals surface area (Å²) in [7, 11) is 0. The number of amides is 1. The summed E-state index contributed by atoms with van der Waals surface area (Å²) in [6.45, 7) is 1.67. The smallest absolute Gasteiger partial charge is 0.251 e. The largest absolute Gasteiger partial charge is 0.353 e. The predicted octanol–water partition coefficient (Wildman–Crippen LogP) is 4.13. The number of anilines is 1. The Morgan fingerprint density at radius 1 is 1.15 bits per heavy atom. The van der Waals surface area contributed by atoms with Gasteiger partial charge >= 0.3 is 0 Å². The topological polar surface area (TPSA) is 61.0 Å². The van der Waals surface area contributed by atoms with Gasteiger partial charge in [-0.3, -0.25) is 9.89 Å². The van der Waals surface area contributed by atoms with Crippen LogP contribution in [0.3, 0.4) is 0 Å². The third-order valence-electron chi connectivity index (χ3n) is 4.82. The fraction of sp³-hybridized carbons (Fsp3) is 0.238. The molecule has 3 aromatic rings. The maximum Gasteiger partial charge on any atom is 0.251 e. The number of carbonyl (C=O) groups is 1. The number of H-pyrrole nitrogens is 1. The summed E-state index contributed by atoms with van der Waals surface area (Å²) in [6.07, 6.45) is 1.97. The van der Waals surface area contributed by atoms with E-state index in [2.05, 4.69) is 38.6 Å². The predicted molar refractivity (Wildman–Crippen MR) is 108 cm³/mol. The molecule has 1 atom stereocenters. The number of aromatic nitrogens is 2. The van der Waals surface area contributed by atoms with E-state index in [-0.39, 0.29) is 11.9 Å². The summed E-state index contributed by atoms with van der Waals surface area (Å²) >= 11 is 5.99. The van der Waals surface area contributed by atoms with E-state index in [0.717, 1.165) is 43.0 Å². The molecule has 4 rings (SSSR count). The number of aromatic amines is 1. The summed E-state index contributed by atoms with van der Waals surface area (Å²) in [5.41, 5.74) is 2.69. The van der Waals surface area contributed by atoms with Crippen LogP contribution in [-0.4, -0.2) is 35.2 Å². The molecule has 0 aliphatic carbocycles. The maximum absolute atomic E-state index is 12.5. The van der Waals surface area contributed by atoms with Gasteiger partial charge in [-0.05, 0) is 36.6 Å². The minimum absolute atomic E-state index is 0.0853. The third kappa shape index (κ3) is 4.14. The van der Waals surface area contributed by atoms with Crippen molar-refractivity contribution in [3.63, 3.8) is 0 Å². The average Bonchev–Trinajstić information content (AvgIpc) is 3.19. The van der Waals surface area contributed by atoms with Crippen molar-refractivity contribution < 1.29 is 4.79 Å². The number of halogens is 1. The molecule has 2 heterocycles. The van der Waals surface area contributed by atoms with Crippen LogP contribution in [0.2, 0.25) is 5.02 Å². The summed E-state index contributed by atoms with van der Waals surface area (Å²) in [6, 6.07) is 19.3. The lowest BCUT2D eigenvalue weighted by atomic mass is 10.0. The molecule has 5 nitrogen and oxygen atoms in total. The number of piperidine rings is 1. The molecular weight excluding hydrogens is 360 g/mol. The van der Waals surface area contributed by atoms with Gasteiger partial charge < -0.3 is 10.2 Å². The van der Waals surface area contributed by atoms with Gasteiger partial charge in [0.2, 0.25) is 0 Å². The highest BCUT2D eigenvalue weighted by atomic mass is 35.5. The molecule has 1 aliphatic heterocycles. The first-order chi connectivity index (χ1) is 13.2. The van der Waals surface area contributed by atoms with Crippen molar-refractivity contribution in [1.29, 1.82) is 0 Å². The van der Waals surface area contributed by atoms with Crippen molar-refractivity contribution in [2.75, 3.05) is 18.0 Å². The SMILES string of the molecule is O=C(NC1CCCN(c2cc(-c3ccccc3)[nH]n2)C1)c1cccc(Cl)c1. The van der Waals surface area contributed by atoms with Gasteiger partial charge in [0.15, 0.2) is 5.82 Å². The van der Waals surface area contributed by atoms with Crippen LogP contribution < -0.4 is 10.2 Å². The van der Waals surface area contributed by atoms with Crippen LogP contribution >= 0.6 is 11.6 Å². The second-order valence-electron chi connectivity index (χ2n) is 6.77. The zero-order valence-corrected chi connectivity index (χ0v) is 15.6. The molecule has 0 bridgehead atoms. The van der Waals surface area contributed by atoms with Crippen molar-refractivity contribution in [1.82, 2.24) is 15.5 Å². The summed E-state index contributed by atoms with van der Waals surface area (Å²) < 4.78 is 0. The van der Waals surface area contributed by atoms with E-state index >= 15 is 0 Å². The zero-order chi connectivity index (χ0) is 18.6. The molecule has 2 aromatic carbocycles. The lowest BCUT2D eigenvalue weighted by Crippen LogP contribution is -2.48. The van der Waals surface area contributed by atoms with E-state index in [1.54, 1.807) is 24.3 Å². The van der Waals surface area contributed by atoms with Crippen LogP contribution in [0.5, 0.6) is 0 Å². The molecule has 6 heteroatoms. The fourth-order valence-corrected chi connectivity index (χ4v) is 3.63. The molecule has 2 N–H and O–H groups in total. The monoisotopic (exact) mass is 380 g/mol. The average molecular weight is 381 g/mol. The van der Waals surface area contributed by atoms with Gasteiger partial charge in [0.1, 0.15) is 0 Å². The number of nitrogens with zero attached hydrogens (tertiary/aromatic N) is 2. The van der Waals surface area contributed by atoms with Gasteiger partial charge in [0.25, 0.3) is 5.91 Å². The maximum atomic E-state index is 12.5. The van der Waals surface area contributed by atoms with Crippen LogP contribution in [0.4, 0.5) is 5.82 Å². The Kier molecular flexibility index (Phi) is 5.12. The standard InChI is InChI=1S/C21H21ClN4O/c22-17-9-4-8-16(12-17)21(27)23-18-10-5-11-26(14-18)20-13-19(24-25-20)15-6-2-1-3-7-15/h1-4,6-9,12-13,18H,5,10-11,14H2,(H,23,27)(H,24,25). The molecule has 1 amide bonds. The Bertz CT molecular complexity index is 925. The minimum Gasteiger partial charge on any atom is -0.353 e. The van der Waals surface area contributed by atoms with E-state index in [4.69, 9.17) is 11.6 Å². The minimum atomic E-state index is -0.0867. The van der Waals surface area contributed by atoms with E-state index in [1.807, 2.05) is 18.2 Å². The number of carbonyl (C=O) groups excluding carboxylic acids is 1. The second-order valence-corrected chi connectivity index (χ2v) is 7.21. The molecule has 1 fully saturated rings. The van der Waals surface area contributed by atoms with Crippen LogP contribution in [-0.2, 0) is 0 Å². The molecular formula is C21H21ClN4O. The third-order valence-corrected chi connectivity index (χ3v) is 5.05. The van der Waals surface area contributed by atoms with Gasteiger partial charge in [-0.1, -0.05) is 48.0 Å². The molecule has 0 spiro atoms. The number of rotatable bonds is 4. The Morgan fingerprint density at radius 2 is 2.00 bits per heavy atom. The Labute approximate surface area is 163 Å². The first kappa shape index (κ1) is 17.6. The molecule has 0 saturated carbocycles. The molecule has 1 saturated heterocycles. The van der Waals surface area contributed by atoms with Crippen LogP contribution in [0, 0.1) is 0 Å². The molecule has 1 aromatic heterocycles. The van der Waals surface area contributed by atoms with E-state index in [0.29, 0.717) is 10.6 Å². The number of nitrogens with one attached hydrogen (secondary N) is 2. The van der Waals surface area contributed by atoms with Gasteiger partial charge in [0, 0.05) is 35.8 Å². The van der Waals surface area contributed by atoms with Gasteiger partial charge in [-0.25, -0.2) is 0 Å². The summed E-state index contributed by atoms with van der Waals surface area (Å²) in [5, 5.41) is 11.3. The molecule has 27 heavy (non-hydrogen) atoms. The zero-order valence-electron chi connectivity index (χ0n) is 14.9. The highest BCUT2D eigenvalue weighted by molar-refractivity contribution is 6.30. The number of hydrogen-bond acceptors (Lipinski definition) is 3. The highest BCUT2D eigenvalue weighted by Gasteiger charge is 2.23. The first-order valence-corrected chi connectivity index (χ1v) is 9.49. The Hall–Kier alpha value is -2.79. The van der Waals surface area contributed by atoms with Crippen molar-refractivity contribution in [2.45, 2.75) is 18.9 Å². The number of benzene rings is 2. The van der Waals surface area contributed by atoms with E-state index in [1.165, 1.54) is 0 Å². The first-order valence-electron chi connectivity index (χ1n) is 9.11. The Balaban J connectivity index is 1.42. The lowest BCUT2D eigenvalue weighted by molar-refractivity contribution is 0.0933. The van der Waals surface area contributed by atoms with Crippen molar-refractivity contribution in [3.8, 4) is 11.3 Å². The van der Waals surface area contributed by atoms with Gasteiger partial charge in [-0.2, -0.15) is 5.10 Å². The van der Waals surface area contributed by atoms with Gasteiger partial charge in [0.05, 0.1) is 5.69 Å². The van der Waals surface area contributed by atoms with Crippen molar-refractivity contribution >= 4 is 23.3 Å². The molecule has 1 aliphatic rings. The lowest BCUT2D eigenvalue weighted by Gasteiger charge is -2.33. The number of hydrogen-bond donors (Lipinski definition) is 2. The van der Waals surface area contributed by atoms with Crippen molar-refractivity contribution in [2.24, 2.45) is 0 Å². The van der Waals surface area contributed by atoms with Crippen molar-refractivity contribution in [3.05, 3.63) is 71.2 Å². The van der Waals surface area contributed by atoms with Gasteiger partial charge in [-0.15, -0.1) is 0 Å². The summed E-state index contributed by atoms with van der Waals surface area (Å²) in [5.74, 6) is 0.826. The molecule has 1 unspecified atom stereocenters. The fourth-order valence-electron chi connectivity index (χ4n) is 3.44.